The zero-order valence-corrected chi connectivity index (χ0v) is 6.16. The van der Waals surface area contributed by atoms with Crippen molar-refractivity contribution in [2.75, 3.05) is 13.7 Å². The second-order valence-corrected chi connectivity index (χ2v) is 1.53. The van der Waals surface area contributed by atoms with E-state index in [0.717, 1.165) is 0 Å². The molecule has 0 aliphatic carbocycles. The van der Waals surface area contributed by atoms with Gasteiger partial charge in [0, 0.05) is 13.3 Å². The largest absolute Gasteiger partial charge is 0.500 e. The minimum Gasteiger partial charge on any atom is -0.500 e. The molecule has 3 heteroatoms. The van der Waals surface area contributed by atoms with Gasteiger partial charge in [-0.15, -0.1) is 0 Å². The Kier molecular flexibility index (Phi) is 5.07. The van der Waals surface area contributed by atoms with Crippen LogP contribution in [-0.2, 0) is 4.74 Å². The summed E-state index contributed by atoms with van der Waals surface area (Å²) in [6.07, 6.45) is 2.85. The third kappa shape index (κ3) is 3.67. The molecule has 0 aromatic heterocycles. The van der Waals surface area contributed by atoms with Crippen LogP contribution < -0.4 is 0 Å². The average Bonchev–Trinajstić information content (AvgIpc) is 1.98. The Morgan fingerprint density at radius 1 is 1.80 bits per heavy atom. The van der Waals surface area contributed by atoms with Crippen LogP contribution in [0.15, 0.2) is 16.8 Å². The van der Waals surface area contributed by atoms with Gasteiger partial charge in [-0.05, 0) is 6.92 Å². The molecule has 0 unspecified atom stereocenters. The second-order valence-electron chi connectivity index (χ2n) is 1.53. The Bertz CT molecular complexity index is 177. The quantitative estimate of drug-likeness (QED) is 0.333. The van der Waals surface area contributed by atoms with Crippen LogP contribution >= 0.6 is 0 Å². The summed E-state index contributed by atoms with van der Waals surface area (Å²) in [5, 5.41) is 8.39. The molecule has 0 saturated heterocycles. The maximum atomic E-state index is 8.39. The zero-order valence-electron chi connectivity index (χ0n) is 6.16. The van der Waals surface area contributed by atoms with Crippen LogP contribution in [0.1, 0.15) is 6.92 Å². The van der Waals surface area contributed by atoms with Gasteiger partial charge in [-0.2, -0.15) is 5.26 Å². The van der Waals surface area contributed by atoms with Crippen molar-refractivity contribution in [3.63, 3.8) is 0 Å². The molecule has 0 rings (SSSR count). The molecule has 0 fully saturated rings. The highest BCUT2D eigenvalue weighted by Crippen LogP contribution is 1.87. The zero-order chi connectivity index (χ0) is 7.82. The van der Waals surface area contributed by atoms with E-state index in [2.05, 4.69) is 4.99 Å². The second kappa shape index (κ2) is 5.83. The van der Waals surface area contributed by atoms with Crippen LogP contribution in [0.25, 0.3) is 0 Å². The van der Waals surface area contributed by atoms with Gasteiger partial charge >= 0.3 is 0 Å². The van der Waals surface area contributed by atoms with Crippen LogP contribution in [0, 0.1) is 11.3 Å². The number of aliphatic imine (C=N–C) groups is 1. The summed E-state index contributed by atoms with van der Waals surface area (Å²) < 4.78 is 4.86. The van der Waals surface area contributed by atoms with Gasteiger partial charge in [0.25, 0.3) is 0 Å². The molecular formula is C7H10N2O. The summed E-state index contributed by atoms with van der Waals surface area (Å²) in [5.74, 6) is 0. The van der Waals surface area contributed by atoms with Gasteiger partial charge in [-0.1, -0.05) is 0 Å². The van der Waals surface area contributed by atoms with Crippen molar-refractivity contribution in [2.45, 2.75) is 6.92 Å². The first-order valence-electron chi connectivity index (χ1n) is 2.99. The summed E-state index contributed by atoms with van der Waals surface area (Å²) in [6, 6.07) is 1.92. The monoisotopic (exact) mass is 138 g/mol. The SMILES string of the molecule is CCOC=C(C#N)C=NC. The van der Waals surface area contributed by atoms with E-state index in [0.29, 0.717) is 12.2 Å². The fraction of sp³-hybridized carbons (Fsp3) is 0.429. The predicted molar refractivity (Wildman–Crippen MR) is 39.7 cm³/mol. The van der Waals surface area contributed by atoms with E-state index in [1.807, 2.05) is 13.0 Å². The maximum absolute atomic E-state index is 8.39. The van der Waals surface area contributed by atoms with E-state index in [1.165, 1.54) is 12.5 Å². The normalized spacial score (nSPS) is 11.5. The lowest BCUT2D eigenvalue weighted by Gasteiger charge is -1.91. The third-order valence-electron chi connectivity index (χ3n) is 0.774. The van der Waals surface area contributed by atoms with Gasteiger partial charge < -0.3 is 4.74 Å². The van der Waals surface area contributed by atoms with E-state index in [-0.39, 0.29) is 0 Å². The molecule has 0 amide bonds. The molecule has 0 saturated carbocycles. The Morgan fingerprint density at radius 3 is 2.90 bits per heavy atom. The van der Waals surface area contributed by atoms with Crippen molar-refractivity contribution in [1.29, 1.82) is 5.26 Å². The first-order chi connectivity index (χ1) is 4.85. The molecule has 0 N–H and O–H groups in total. The number of allylic oxidation sites excluding steroid dienone is 1. The van der Waals surface area contributed by atoms with Crippen molar-refractivity contribution in [3.05, 3.63) is 11.8 Å². The Balaban J connectivity index is 3.95. The third-order valence-corrected chi connectivity index (χ3v) is 0.774. The van der Waals surface area contributed by atoms with Gasteiger partial charge in [0.1, 0.15) is 17.9 Å². The molecule has 0 aliphatic rings. The number of ether oxygens (including phenoxy) is 1. The molecule has 3 nitrogen and oxygen atoms in total. The molecule has 10 heavy (non-hydrogen) atoms. The van der Waals surface area contributed by atoms with Gasteiger partial charge in [0.2, 0.25) is 0 Å². The lowest BCUT2D eigenvalue weighted by atomic mass is 10.4. The van der Waals surface area contributed by atoms with Crippen LogP contribution in [0.3, 0.4) is 0 Å². The van der Waals surface area contributed by atoms with E-state index >= 15 is 0 Å². The number of nitrogens with zero attached hydrogens (tertiary/aromatic N) is 2. The fourth-order valence-electron chi connectivity index (χ4n) is 0.398. The molecular weight excluding hydrogens is 128 g/mol. The minimum absolute atomic E-state index is 0.435. The smallest absolute Gasteiger partial charge is 0.104 e. The van der Waals surface area contributed by atoms with Crippen LogP contribution in [0.5, 0.6) is 0 Å². The standard InChI is InChI=1S/C7H10N2O/c1-3-10-6-7(4-8)5-9-2/h5-6H,3H2,1-2H3. The van der Waals surface area contributed by atoms with Crippen molar-refractivity contribution in [3.8, 4) is 6.07 Å². The van der Waals surface area contributed by atoms with E-state index in [9.17, 15) is 0 Å². The van der Waals surface area contributed by atoms with Crippen LogP contribution in [0.2, 0.25) is 0 Å². The van der Waals surface area contributed by atoms with Crippen molar-refractivity contribution < 1.29 is 4.74 Å². The summed E-state index contributed by atoms with van der Waals surface area (Å²) >= 11 is 0. The highest BCUT2D eigenvalue weighted by molar-refractivity contribution is 5.82. The Morgan fingerprint density at radius 2 is 2.50 bits per heavy atom. The Labute approximate surface area is 60.6 Å². The summed E-state index contributed by atoms with van der Waals surface area (Å²) in [6.45, 7) is 2.43. The molecule has 0 bridgehead atoms. The molecule has 0 aromatic rings. The topological polar surface area (TPSA) is 45.4 Å². The molecule has 0 aromatic carbocycles. The number of hydrogen-bond donors (Lipinski definition) is 0. The highest BCUT2D eigenvalue weighted by Gasteiger charge is 1.86. The van der Waals surface area contributed by atoms with E-state index in [4.69, 9.17) is 10.00 Å². The molecule has 0 heterocycles. The van der Waals surface area contributed by atoms with Gasteiger partial charge in [0.15, 0.2) is 0 Å². The van der Waals surface area contributed by atoms with Gasteiger partial charge in [-0.25, -0.2) is 0 Å². The predicted octanol–water partition coefficient (Wildman–Crippen LogP) is 1.13. The van der Waals surface area contributed by atoms with Crippen molar-refractivity contribution >= 4 is 6.21 Å². The minimum atomic E-state index is 0.435. The number of nitriles is 1. The van der Waals surface area contributed by atoms with Crippen molar-refractivity contribution in [2.24, 2.45) is 4.99 Å². The first kappa shape index (κ1) is 8.70. The summed E-state index contributed by atoms with van der Waals surface area (Å²) in [5.41, 5.74) is 0.435. The highest BCUT2D eigenvalue weighted by atomic mass is 16.5. The molecule has 54 valence electrons. The van der Waals surface area contributed by atoms with E-state index in [1.54, 1.807) is 7.05 Å². The van der Waals surface area contributed by atoms with Crippen LogP contribution in [0.4, 0.5) is 0 Å². The average molecular weight is 138 g/mol. The fourth-order valence-corrected chi connectivity index (χ4v) is 0.398. The lowest BCUT2D eigenvalue weighted by molar-refractivity contribution is 0.268. The Hall–Kier alpha value is -1.30. The summed E-state index contributed by atoms with van der Waals surface area (Å²) in [7, 11) is 1.61. The lowest BCUT2D eigenvalue weighted by Crippen LogP contribution is -1.84. The summed E-state index contributed by atoms with van der Waals surface area (Å²) in [4.78, 5) is 3.66. The van der Waals surface area contributed by atoms with Crippen molar-refractivity contribution in [1.82, 2.24) is 0 Å². The molecule has 0 radical (unpaired) electrons. The number of hydrogen-bond acceptors (Lipinski definition) is 3. The van der Waals surface area contributed by atoms with E-state index < -0.39 is 0 Å². The maximum Gasteiger partial charge on any atom is 0.104 e. The molecule has 0 atom stereocenters. The molecule has 0 aliphatic heterocycles. The first-order valence-corrected chi connectivity index (χ1v) is 2.99. The van der Waals surface area contributed by atoms with Crippen LogP contribution in [-0.4, -0.2) is 19.9 Å². The molecule has 0 spiro atoms. The van der Waals surface area contributed by atoms with Gasteiger partial charge in [0.05, 0.1) is 6.61 Å². The number of rotatable bonds is 3. The van der Waals surface area contributed by atoms with Gasteiger partial charge in [-0.3, -0.25) is 4.99 Å².